The summed E-state index contributed by atoms with van der Waals surface area (Å²) in [5, 5.41) is 13.3. The first-order valence-electron chi connectivity index (χ1n) is 9.58. The van der Waals surface area contributed by atoms with E-state index in [1.165, 1.54) is 6.92 Å². The third kappa shape index (κ3) is 5.17. The number of ketones is 2. The fourth-order valence-corrected chi connectivity index (χ4v) is 3.27. The Labute approximate surface area is 182 Å². The van der Waals surface area contributed by atoms with Crippen molar-refractivity contribution in [1.29, 1.82) is 0 Å². The van der Waals surface area contributed by atoms with Crippen LogP contribution >= 0.6 is 0 Å². The van der Waals surface area contributed by atoms with Crippen molar-refractivity contribution in [2.24, 2.45) is 0 Å². The molecule has 1 unspecified atom stereocenters. The van der Waals surface area contributed by atoms with E-state index in [9.17, 15) is 41.0 Å². The number of hydrogen-bond donors (Lipinski definition) is 1. The largest absolute Gasteiger partial charge is 0.511 e. The molecule has 3 rings (SSSR count). The molecular formula is C20H17F6N3O4. The van der Waals surface area contributed by atoms with Gasteiger partial charge in [-0.1, -0.05) is 0 Å². The average Bonchev–Trinajstić information content (AvgIpc) is 3.15. The maximum Gasteiger partial charge on any atom is 0.435 e. The van der Waals surface area contributed by atoms with Crippen LogP contribution in [0.25, 0.3) is 0 Å². The van der Waals surface area contributed by atoms with Crippen LogP contribution in [0.1, 0.15) is 46.6 Å². The SMILES string of the molecule is Cc1c(OC(F)C(F)F)ccnc1Cn1cc(C(=O)C2=C(O)CCCC2=O)c(C(F)(F)F)n1. The number of hydrogen-bond acceptors (Lipinski definition) is 6. The summed E-state index contributed by atoms with van der Waals surface area (Å²) in [7, 11) is 0. The quantitative estimate of drug-likeness (QED) is 0.362. The zero-order valence-electron chi connectivity index (χ0n) is 17.0. The van der Waals surface area contributed by atoms with Crippen molar-refractivity contribution in [3.63, 3.8) is 0 Å². The van der Waals surface area contributed by atoms with Crippen molar-refractivity contribution >= 4 is 11.6 Å². The molecule has 2 heterocycles. The summed E-state index contributed by atoms with van der Waals surface area (Å²) in [6.07, 6.45) is -9.41. The summed E-state index contributed by atoms with van der Waals surface area (Å²) in [6.45, 7) is 0.879. The number of halogens is 6. The van der Waals surface area contributed by atoms with E-state index in [-0.39, 0.29) is 36.3 Å². The van der Waals surface area contributed by atoms with E-state index in [1.807, 2.05) is 0 Å². The lowest BCUT2D eigenvalue weighted by Crippen LogP contribution is -2.21. The number of aromatic nitrogens is 3. The van der Waals surface area contributed by atoms with Gasteiger partial charge in [0.1, 0.15) is 17.1 Å². The van der Waals surface area contributed by atoms with Gasteiger partial charge in [-0.05, 0) is 19.4 Å². The predicted octanol–water partition coefficient (Wildman–Crippen LogP) is 4.34. The molecule has 1 atom stereocenters. The molecule has 7 nitrogen and oxygen atoms in total. The fourth-order valence-electron chi connectivity index (χ4n) is 3.27. The Morgan fingerprint density at radius 2 is 1.97 bits per heavy atom. The van der Waals surface area contributed by atoms with Gasteiger partial charge < -0.3 is 9.84 Å². The number of carbonyl (C=O) groups is 2. The number of allylic oxidation sites excluding steroid dienone is 2. The molecule has 1 aliphatic rings. The predicted molar refractivity (Wildman–Crippen MR) is 99.7 cm³/mol. The Morgan fingerprint density at radius 3 is 2.58 bits per heavy atom. The number of aliphatic hydroxyl groups is 1. The fraction of sp³-hybridized carbons (Fsp3) is 0.400. The van der Waals surface area contributed by atoms with E-state index >= 15 is 0 Å². The van der Waals surface area contributed by atoms with Crippen molar-refractivity contribution in [3.8, 4) is 5.75 Å². The van der Waals surface area contributed by atoms with E-state index in [1.54, 1.807) is 0 Å². The van der Waals surface area contributed by atoms with Gasteiger partial charge in [-0.2, -0.15) is 22.7 Å². The first-order valence-corrected chi connectivity index (χ1v) is 9.58. The van der Waals surface area contributed by atoms with Crippen molar-refractivity contribution in [2.75, 3.05) is 0 Å². The zero-order valence-corrected chi connectivity index (χ0v) is 17.0. The van der Waals surface area contributed by atoms with Gasteiger partial charge in [0.25, 0.3) is 6.36 Å². The maximum absolute atomic E-state index is 13.5. The number of carbonyl (C=O) groups excluding carboxylic acids is 2. The minimum absolute atomic E-state index is 0.0139. The second kappa shape index (κ2) is 9.24. The highest BCUT2D eigenvalue weighted by Crippen LogP contribution is 2.34. The van der Waals surface area contributed by atoms with Gasteiger partial charge in [-0.25, -0.2) is 8.78 Å². The van der Waals surface area contributed by atoms with Gasteiger partial charge >= 0.3 is 12.6 Å². The highest BCUT2D eigenvalue weighted by atomic mass is 19.4. The molecule has 0 spiro atoms. The van der Waals surface area contributed by atoms with Crippen LogP contribution in [0.4, 0.5) is 26.3 Å². The molecule has 33 heavy (non-hydrogen) atoms. The maximum atomic E-state index is 13.5. The molecular weight excluding hydrogens is 460 g/mol. The molecule has 13 heteroatoms. The standard InChI is InChI=1S/C20H17F6N3O4/c1-9-11(27-6-5-14(9)33-19(23)18(21)22)8-29-7-10(17(28-29)20(24,25)26)16(32)15-12(30)3-2-4-13(15)31/h5-7,18-19,30H,2-4,8H2,1H3. The summed E-state index contributed by atoms with van der Waals surface area (Å²) >= 11 is 0. The van der Waals surface area contributed by atoms with Crippen LogP contribution in [0, 0.1) is 6.92 Å². The molecule has 0 amide bonds. The number of rotatable bonds is 7. The lowest BCUT2D eigenvalue weighted by atomic mass is 9.90. The summed E-state index contributed by atoms with van der Waals surface area (Å²) < 4.78 is 84.0. The van der Waals surface area contributed by atoms with E-state index in [0.717, 1.165) is 23.1 Å². The molecule has 1 N–H and O–H groups in total. The van der Waals surface area contributed by atoms with Crippen LogP contribution < -0.4 is 4.74 Å². The number of nitrogens with zero attached hydrogens (tertiary/aromatic N) is 3. The summed E-state index contributed by atoms with van der Waals surface area (Å²) in [4.78, 5) is 28.7. The lowest BCUT2D eigenvalue weighted by Gasteiger charge is -2.14. The molecule has 0 fully saturated rings. The molecule has 1 aliphatic carbocycles. The Morgan fingerprint density at radius 1 is 1.27 bits per heavy atom. The van der Waals surface area contributed by atoms with Crippen LogP contribution in [0.15, 0.2) is 29.8 Å². The van der Waals surface area contributed by atoms with E-state index in [0.29, 0.717) is 0 Å². The van der Waals surface area contributed by atoms with Crippen molar-refractivity contribution < 1.29 is 45.8 Å². The monoisotopic (exact) mass is 477 g/mol. The molecule has 0 saturated carbocycles. The average molecular weight is 477 g/mol. The molecule has 0 saturated heterocycles. The molecule has 0 radical (unpaired) electrons. The first kappa shape index (κ1) is 24.3. The zero-order chi connectivity index (χ0) is 24.5. The third-order valence-corrected chi connectivity index (χ3v) is 4.89. The molecule has 0 aromatic carbocycles. The van der Waals surface area contributed by atoms with Gasteiger partial charge in [0, 0.05) is 30.8 Å². The third-order valence-electron chi connectivity index (χ3n) is 4.89. The second-order valence-electron chi connectivity index (χ2n) is 7.20. The molecule has 2 aromatic rings. The number of Topliss-reactive ketones (excluding diaryl/α,β-unsaturated/α-hetero) is 2. The van der Waals surface area contributed by atoms with Crippen molar-refractivity contribution in [1.82, 2.24) is 14.8 Å². The molecule has 0 aliphatic heterocycles. The minimum atomic E-state index is -5.06. The topological polar surface area (TPSA) is 94.3 Å². The van der Waals surface area contributed by atoms with E-state index in [4.69, 9.17) is 0 Å². The van der Waals surface area contributed by atoms with Crippen LogP contribution in [0.5, 0.6) is 5.75 Å². The van der Waals surface area contributed by atoms with Gasteiger partial charge in [0.15, 0.2) is 11.5 Å². The second-order valence-corrected chi connectivity index (χ2v) is 7.20. The van der Waals surface area contributed by atoms with Gasteiger partial charge in [-0.3, -0.25) is 19.3 Å². The number of aliphatic hydroxyl groups excluding tert-OH is 1. The Bertz CT molecular complexity index is 1110. The highest BCUT2D eigenvalue weighted by molar-refractivity contribution is 6.27. The number of pyridine rings is 1. The van der Waals surface area contributed by atoms with Crippen LogP contribution in [0.2, 0.25) is 0 Å². The number of alkyl halides is 6. The van der Waals surface area contributed by atoms with Crippen LogP contribution in [-0.2, 0) is 17.5 Å². The van der Waals surface area contributed by atoms with E-state index < -0.39 is 59.7 Å². The van der Waals surface area contributed by atoms with Crippen molar-refractivity contribution in [3.05, 3.63) is 52.3 Å². The highest BCUT2D eigenvalue weighted by Gasteiger charge is 2.41. The smallest absolute Gasteiger partial charge is 0.435 e. The molecule has 178 valence electrons. The van der Waals surface area contributed by atoms with Crippen LogP contribution in [-0.4, -0.2) is 44.2 Å². The minimum Gasteiger partial charge on any atom is -0.511 e. The van der Waals surface area contributed by atoms with Gasteiger partial charge in [0.2, 0.25) is 5.78 Å². The van der Waals surface area contributed by atoms with E-state index in [2.05, 4.69) is 14.8 Å². The van der Waals surface area contributed by atoms with Crippen LogP contribution in [0.3, 0.4) is 0 Å². The van der Waals surface area contributed by atoms with Gasteiger partial charge in [0.05, 0.1) is 17.8 Å². The molecule has 2 aromatic heterocycles. The number of ether oxygens (including phenoxy) is 1. The molecule has 0 bridgehead atoms. The lowest BCUT2D eigenvalue weighted by molar-refractivity contribution is -0.141. The van der Waals surface area contributed by atoms with Gasteiger partial charge in [-0.15, -0.1) is 0 Å². The normalized spacial score (nSPS) is 15.8. The summed E-state index contributed by atoms with van der Waals surface area (Å²) in [5.41, 5.74) is -3.14. The summed E-state index contributed by atoms with van der Waals surface area (Å²) in [6, 6.07) is 1.11. The summed E-state index contributed by atoms with van der Waals surface area (Å²) in [5.74, 6) is -2.96. The Balaban J connectivity index is 1.98. The first-order chi connectivity index (χ1) is 15.4. The van der Waals surface area contributed by atoms with Crippen molar-refractivity contribution in [2.45, 2.75) is 51.7 Å². The Kier molecular flexibility index (Phi) is 6.79. The Hall–Kier alpha value is -3.38.